The molecule has 1 aliphatic rings. The Morgan fingerprint density at radius 2 is 1.50 bits per heavy atom. The Bertz CT molecular complexity index is 891. The third kappa shape index (κ3) is 7.93. The first kappa shape index (κ1) is 26.9. The number of ether oxygens (including phenoxy) is 2. The van der Waals surface area contributed by atoms with Gasteiger partial charge < -0.3 is 24.8 Å². The highest BCUT2D eigenvalue weighted by atomic mass is 16.5. The van der Waals surface area contributed by atoms with Crippen molar-refractivity contribution in [1.82, 2.24) is 9.80 Å². The van der Waals surface area contributed by atoms with Gasteiger partial charge in [-0.05, 0) is 55.7 Å². The smallest absolute Gasteiger partial charge is 0.414 e. The maximum absolute atomic E-state index is 10.1. The van der Waals surface area contributed by atoms with Gasteiger partial charge in [0.15, 0.2) is 11.5 Å². The van der Waals surface area contributed by atoms with Crippen LogP contribution in [-0.2, 0) is 22.7 Å². The Morgan fingerprint density at radius 1 is 0.971 bits per heavy atom. The van der Waals surface area contributed by atoms with Gasteiger partial charge in [0.2, 0.25) is 5.75 Å². The Balaban J connectivity index is 0.000000604. The molecule has 2 aromatic rings. The zero-order valence-electron chi connectivity index (χ0n) is 19.9. The molecule has 0 amide bonds. The lowest BCUT2D eigenvalue weighted by Crippen LogP contribution is -2.44. The summed E-state index contributed by atoms with van der Waals surface area (Å²) in [5, 5.41) is 24.9. The summed E-state index contributed by atoms with van der Waals surface area (Å²) in [6.45, 7) is 7.33. The molecule has 0 atom stereocenters. The second-order valence-electron chi connectivity index (χ2n) is 8.02. The van der Waals surface area contributed by atoms with Crippen LogP contribution in [0.2, 0.25) is 0 Å². The summed E-state index contributed by atoms with van der Waals surface area (Å²) in [6.07, 6.45) is 2.35. The topological polar surface area (TPSA) is 120 Å². The molecule has 0 spiro atoms. The van der Waals surface area contributed by atoms with Crippen molar-refractivity contribution < 1.29 is 34.4 Å². The molecule has 1 saturated heterocycles. The van der Waals surface area contributed by atoms with Crippen LogP contribution in [0.5, 0.6) is 17.2 Å². The third-order valence-electron chi connectivity index (χ3n) is 5.84. The lowest BCUT2D eigenvalue weighted by Gasteiger charge is -2.38. The van der Waals surface area contributed by atoms with E-state index in [1.54, 1.807) is 14.2 Å². The van der Waals surface area contributed by atoms with E-state index in [-0.39, 0.29) is 5.75 Å². The van der Waals surface area contributed by atoms with Crippen molar-refractivity contribution in [1.29, 1.82) is 0 Å². The number of methoxy groups -OCH3 is 2. The van der Waals surface area contributed by atoms with Crippen molar-refractivity contribution in [3.05, 3.63) is 53.6 Å². The number of phenolic OH excluding ortho intramolecular Hbond substituents is 1. The monoisotopic (exact) mass is 474 g/mol. The van der Waals surface area contributed by atoms with Gasteiger partial charge in [-0.25, -0.2) is 9.59 Å². The Hall–Kier alpha value is -3.30. The molecule has 0 bridgehead atoms. The minimum atomic E-state index is -1.82. The minimum absolute atomic E-state index is 0.0620. The number of phenols is 1. The number of carboxylic acid groups (broad SMARTS) is 2. The average molecular weight is 475 g/mol. The van der Waals surface area contributed by atoms with Crippen LogP contribution in [0.4, 0.5) is 0 Å². The van der Waals surface area contributed by atoms with Crippen molar-refractivity contribution in [3.8, 4) is 17.2 Å². The first-order valence-corrected chi connectivity index (χ1v) is 11.2. The van der Waals surface area contributed by atoms with Crippen molar-refractivity contribution in [3.63, 3.8) is 0 Å². The number of nitrogens with zero attached hydrogens (tertiary/aromatic N) is 2. The van der Waals surface area contributed by atoms with E-state index >= 15 is 0 Å². The highest BCUT2D eigenvalue weighted by Crippen LogP contribution is 2.37. The van der Waals surface area contributed by atoms with E-state index < -0.39 is 11.9 Å². The third-order valence-corrected chi connectivity index (χ3v) is 5.84. The molecule has 9 nitrogen and oxygen atoms in total. The molecular formula is C25H34N2O7. The molecule has 3 N–H and O–H groups in total. The molecule has 186 valence electrons. The highest BCUT2D eigenvalue weighted by molar-refractivity contribution is 6.27. The van der Waals surface area contributed by atoms with Crippen LogP contribution >= 0.6 is 0 Å². The molecule has 0 aromatic heterocycles. The van der Waals surface area contributed by atoms with Crippen molar-refractivity contribution >= 4 is 11.9 Å². The van der Waals surface area contributed by atoms with E-state index in [2.05, 4.69) is 47.1 Å². The van der Waals surface area contributed by atoms with Gasteiger partial charge in [-0.3, -0.25) is 9.80 Å². The number of carboxylic acids is 2. The zero-order chi connectivity index (χ0) is 25.1. The summed E-state index contributed by atoms with van der Waals surface area (Å²) in [6, 6.07) is 15.2. The highest BCUT2D eigenvalue weighted by Gasteiger charge is 2.24. The fraction of sp³-hybridized carbons (Fsp3) is 0.440. The summed E-state index contributed by atoms with van der Waals surface area (Å²) in [5.74, 6) is -2.66. The second kappa shape index (κ2) is 13.4. The number of aromatic hydroxyl groups is 1. The van der Waals surface area contributed by atoms with Gasteiger partial charge in [0, 0.05) is 19.1 Å². The van der Waals surface area contributed by atoms with E-state index in [4.69, 9.17) is 29.3 Å². The molecule has 2 aromatic carbocycles. The number of benzene rings is 2. The number of hydrogen-bond donors (Lipinski definition) is 3. The summed E-state index contributed by atoms with van der Waals surface area (Å²) >= 11 is 0. The van der Waals surface area contributed by atoms with Gasteiger partial charge >= 0.3 is 11.9 Å². The first-order valence-electron chi connectivity index (χ1n) is 11.2. The summed E-state index contributed by atoms with van der Waals surface area (Å²) < 4.78 is 10.6. The van der Waals surface area contributed by atoms with E-state index in [0.717, 1.165) is 38.3 Å². The molecule has 3 rings (SSSR count). The van der Waals surface area contributed by atoms with E-state index in [0.29, 0.717) is 17.5 Å². The number of piperidine rings is 1. The summed E-state index contributed by atoms with van der Waals surface area (Å²) in [4.78, 5) is 23.3. The van der Waals surface area contributed by atoms with Gasteiger partial charge in [-0.1, -0.05) is 37.3 Å². The van der Waals surface area contributed by atoms with Crippen molar-refractivity contribution in [2.24, 2.45) is 0 Å². The summed E-state index contributed by atoms with van der Waals surface area (Å²) in [7, 11) is 3.13. The molecule has 1 heterocycles. The largest absolute Gasteiger partial charge is 0.502 e. The van der Waals surface area contributed by atoms with Crippen LogP contribution in [0, 0.1) is 0 Å². The van der Waals surface area contributed by atoms with Crippen LogP contribution in [0.3, 0.4) is 0 Å². The van der Waals surface area contributed by atoms with Crippen molar-refractivity contribution in [2.45, 2.75) is 38.9 Å². The normalized spacial score (nSPS) is 14.2. The molecule has 0 aliphatic carbocycles. The predicted octanol–water partition coefficient (Wildman–Crippen LogP) is 3.05. The van der Waals surface area contributed by atoms with E-state index in [1.165, 1.54) is 18.4 Å². The van der Waals surface area contributed by atoms with Gasteiger partial charge in [-0.15, -0.1) is 0 Å². The summed E-state index contributed by atoms with van der Waals surface area (Å²) in [5.41, 5.74) is 2.48. The Kier molecular flexibility index (Phi) is 10.6. The standard InChI is InChI=1S/C23H32N2O3.C2H2O4/c1-4-25(17-18-8-6-5-7-9-18)20-10-12-24(13-11-20)16-19-14-21(27-2)23(26)22(15-19)28-3;3-1(4)2(5)6/h5-9,14-15,20,26H,4,10-13,16-17H2,1-3H3;(H,3,4)(H,5,6). The minimum Gasteiger partial charge on any atom is -0.502 e. The van der Waals surface area contributed by atoms with Crippen LogP contribution in [-0.4, -0.2) is 77.0 Å². The lowest BCUT2D eigenvalue weighted by molar-refractivity contribution is -0.159. The Morgan fingerprint density at radius 3 is 1.94 bits per heavy atom. The molecule has 0 saturated carbocycles. The number of carbonyl (C=O) groups is 2. The quantitative estimate of drug-likeness (QED) is 0.496. The molecule has 1 fully saturated rings. The van der Waals surface area contributed by atoms with Gasteiger partial charge in [-0.2, -0.15) is 0 Å². The molecule has 0 radical (unpaired) electrons. The fourth-order valence-electron chi connectivity index (χ4n) is 4.06. The van der Waals surface area contributed by atoms with Crippen molar-refractivity contribution in [2.75, 3.05) is 33.9 Å². The lowest BCUT2D eigenvalue weighted by atomic mass is 10.0. The average Bonchev–Trinajstić information content (AvgIpc) is 2.85. The number of rotatable bonds is 8. The van der Waals surface area contributed by atoms with Crippen LogP contribution < -0.4 is 9.47 Å². The molecule has 9 heteroatoms. The molecule has 1 aliphatic heterocycles. The maximum Gasteiger partial charge on any atom is 0.414 e. The van der Waals surface area contributed by atoms with Crippen LogP contribution in [0.1, 0.15) is 30.9 Å². The number of likely N-dealkylation sites (tertiary alicyclic amines) is 1. The van der Waals surface area contributed by atoms with Crippen LogP contribution in [0.25, 0.3) is 0 Å². The zero-order valence-corrected chi connectivity index (χ0v) is 19.9. The van der Waals surface area contributed by atoms with Gasteiger partial charge in [0.25, 0.3) is 0 Å². The molecular weight excluding hydrogens is 440 g/mol. The predicted molar refractivity (Wildman–Crippen MR) is 127 cm³/mol. The number of aliphatic carboxylic acids is 2. The second-order valence-corrected chi connectivity index (χ2v) is 8.02. The molecule has 34 heavy (non-hydrogen) atoms. The first-order chi connectivity index (χ1) is 16.3. The van der Waals surface area contributed by atoms with Gasteiger partial charge in [0.1, 0.15) is 0 Å². The van der Waals surface area contributed by atoms with E-state index in [1.807, 2.05) is 12.1 Å². The van der Waals surface area contributed by atoms with Gasteiger partial charge in [0.05, 0.1) is 14.2 Å². The number of hydrogen-bond acceptors (Lipinski definition) is 7. The fourth-order valence-corrected chi connectivity index (χ4v) is 4.06. The SMILES string of the molecule is CCN(Cc1ccccc1)C1CCN(Cc2cc(OC)c(O)c(OC)c2)CC1.O=C(O)C(=O)O. The van der Waals surface area contributed by atoms with E-state index in [9.17, 15) is 5.11 Å². The van der Waals surface area contributed by atoms with Crippen LogP contribution in [0.15, 0.2) is 42.5 Å². The Labute approximate surface area is 200 Å². The molecule has 0 unspecified atom stereocenters. The maximum atomic E-state index is 10.1.